The molecule has 4 N–H and O–H groups in total. The summed E-state index contributed by atoms with van der Waals surface area (Å²) in [6, 6.07) is 13.0. The van der Waals surface area contributed by atoms with Crippen molar-refractivity contribution >= 4 is 49.0 Å². The van der Waals surface area contributed by atoms with Crippen LogP contribution < -0.4 is 25.3 Å². The molecule has 5 atom stereocenters. The van der Waals surface area contributed by atoms with Crippen molar-refractivity contribution in [3.05, 3.63) is 53.6 Å². The van der Waals surface area contributed by atoms with Crippen LogP contribution in [-0.4, -0.2) is 111 Å². The Morgan fingerprint density at radius 1 is 0.960 bits per heavy atom. The molecule has 2 aromatic carbocycles. The van der Waals surface area contributed by atoms with Crippen molar-refractivity contribution < 1.29 is 33.8 Å². The first-order chi connectivity index (χ1) is 23.9. The lowest BCUT2D eigenvalue weighted by molar-refractivity contribution is -0.150. The number of amides is 4. The molecule has 1 spiro atoms. The maximum absolute atomic E-state index is 15.0. The molecular weight excluding hydrogens is 657 g/mol. The Morgan fingerprint density at radius 2 is 1.60 bits per heavy atom. The number of benzene rings is 2. The lowest BCUT2D eigenvalue weighted by atomic mass is 9.82. The molecule has 0 saturated carbocycles. The summed E-state index contributed by atoms with van der Waals surface area (Å²) < 4.78 is 6.95. The van der Waals surface area contributed by atoms with Crippen LogP contribution in [0.3, 0.4) is 0 Å². The third-order valence-corrected chi connectivity index (χ3v) is 13.8. The van der Waals surface area contributed by atoms with E-state index in [-0.39, 0.29) is 55.8 Å². The fourth-order valence-corrected chi connectivity index (χ4v) is 11.5. The predicted octanol–water partition coefficient (Wildman–Crippen LogP) is 1.28. The van der Waals surface area contributed by atoms with Crippen LogP contribution in [0.15, 0.2) is 42.5 Å². The highest BCUT2D eigenvalue weighted by molar-refractivity contribution is 6.71. The van der Waals surface area contributed by atoms with Gasteiger partial charge in [-0.05, 0) is 61.8 Å². The zero-order valence-corrected chi connectivity index (χ0v) is 30.1. The predicted molar refractivity (Wildman–Crippen MR) is 190 cm³/mol. The minimum absolute atomic E-state index is 0.00493. The Morgan fingerprint density at radius 3 is 2.22 bits per heavy atom. The second kappa shape index (κ2) is 13.5. The minimum atomic E-state index is -3.03. The van der Waals surface area contributed by atoms with Crippen molar-refractivity contribution in [3.8, 4) is 0 Å². The molecule has 0 aliphatic carbocycles. The molecule has 4 saturated heterocycles. The molecule has 4 amide bonds. The third-order valence-electron chi connectivity index (χ3n) is 11.3. The number of rotatable bonds is 8. The number of anilines is 3. The fraction of sp³-hybridized carbons (Fsp3) is 0.556. The average Bonchev–Trinajstić information content (AvgIpc) is 3.76. The van der Waals surface area contributed by atoms with Crippen molar-refractivity contribution in [1.29, 1.82) is 0 Å². The van der Waals surface area contributed by atoms with Crippen LogP contribution >= 0.6 is 0 Å². The number of hydrogen-bond donors (Lipinski definition) is 4. The van der Waals surface area contributed by atoms with Gasteiger partial charge in [0.05, 0.1) is 50.5 Å². The van der Waals surface area contributed by atoms with Gasteiger partial charge in [0.1, 0.15) is 0 Å². The normalized spacial score (nSPS) is 28.7. The summed E-state index contributed by atoms with van der Waals surface area (Å²) in [5.41, 5.74) is 1.70. The highest BCUT2D eigenvalue weighted by Crippen LogP contribution is 2.60. The van der Waals surface area contributed by atoms with Crippen LogP contribution in [0.25, 0.3) is 0 Å². The Kier molecular flexibility index (Phi) is 9.37. The molecule has 7 rings (SSSR count). The van der Waals surface area contributed by atoms with E-state index in [1.807, 2.05) is 62.5 Å². The molecule has 0 radical (unpaired) electrons. The second-order valence-corrected chi connectivity index (χ2v) is 18.8. The van der Waals surface area contributed by atoms with Gasteiger partial charge in [-0.15, -0.1) is 0 Å². The fourth-order valence-electron chi connectivity index (χ4n) is 8.96. The van der Waals surface area contributed by atoms with E-state index in [0.717, 1.165) is 30.6 Å². The molecule has 5 aliphatic rings. The van der Waals surface area contributed by atoms with E-state index in [2.05, 4.69) is 10.6 Å². The van der Waals surface area contributed by atoms with Gasteiger partial charge in [-0.1, -0.05) is 19.1 Å². The zero-order chi connectivity index (χ0) is 35.4. The molecule has 50 heavy (non-hydrogen) atoms. The van der Waals surface area contributed by atoms with Gasteiger partial charge in [0, 0.05) is 61.1 Å². The summed E-state index contributed by atoms with van der Waals surface area (Å²) in [6.07, 6.45) is 0.822. The second-order valence-electron chi connectivity index (χ2n) is 14.8. The highest BCUT2D eigenvalue weighted by Gasteiger charge is 2.66. The molecule has 0 bridgehead atoms. The summed E-state index contributed by atoms with van der Waals surface area (Å²) in [7, 11) is -3.03. The Bertz CT molecular complexity index is 1670. The molecule has 13 nitrogen and oxygen atoms in total. The number of ether oxygens (including phenoxy) is 1. The average molecular weight is 705 g/mol. The van der Waals surface area contributed by atoms with Gasteiger partial charge in [-0.25, -0.2) is 0 Å². The number of nitrogens with zero attached hydrogens (tertiary/aromatic N) is 4. The maximum Gasteiger partial charge on any atom is 0.264 e. The van der Waals surface area contributed by atoms with Crippen LogP contribution in [-0.2, 0) is 36.1 Å². The summed E-state index contributed by atoms with van der Waals surface area (Å²) in [4.78, 5) is 72.9. The van der Waals surface area contributed by atoms with E-state index >= 15 is 4.79 Å². The quantitative estimate of drug-likeness (QED) is 0.298. The number of carbonyl (C=O) groups is 4. The molecule has 0 aromatic heterocycles. The number of aliphatic hydroxyl groups is 1. The van der Waals surface area contributed by atoms with Crippen molar-refractivity contribution in [2.75, 3.05) is 67.1 Å². The van der Waals surface area contributed by atoms with Crippen molar-refractivity contribution in [2.45, 2.75) is 69.1 Å². The topological polar surface area (TPSA) is 155 Å². The summed E-state index contributed by atoms with van der Waals surface area (Å²) in [6.45, 7) is 9.24. The number of piperazine rings is 2. The number of likely N-dealkylation sites (tertiary alicyclic amines) is 1. The number of carbonyl (C=O) groups excluding carboxylic acids is 4. The van der Waals surface area contributed by atoms with Gasteiger partial charge in [-0.2, -0.15) is 0 Å². The molecule has 5 heterocycles. The van der Waals surface area contributed by atoms with E-state index < -0.39 is 31.5 Å². The third kappa shape index (κ3) is 5.95. The van der Waals surface area contributed by atoms with Gasteiger partial charge in [-0.3, -0.25) is 19.2 Å². The number of nitrogens with one attached hydrogen (secondary N) is 2. The van der Waals surface area contributed by atoms with Gasteiger partial charge >= 0.3 is 0 Å². The molecule has 268 valence electrons. The lowest BCUT2D eigenvalue weighted by Gasteiger charge is -2.33. The lowest BCUT2D eigenvalue weighted by Crippen LogP contribution is -2.48. The Hall–Kier alpha value is -3.66. The largest absolute Gasteiger partial charge is 0.432 e. The van der Waals surface area contributed by atoms with Crippen LogP contribution in [0.1, 0.15) is 37.3 Å². The van der Waals surface area contributed by atoms with Gasteiger partial charge < -0.3 is 44.9 Å². The maximum atomic E-state index is 15.0. The zero-order valence-electron chi connectivity index (χ0n) is 29.1. The van der Waals surface area contributed by atoms with E-state index in [9.17, 15) is 24.3 Å². The SMILES string of the molecule is C[C@H]1[C@H]([Si](C)(C)O)[C@@H](CC(=O)N2CCC[C@H]2CO)O[C@]12C(=O)N(Cc1ccc(N3CCNCC3=O)cc1)c1ccc(N3CCNCC3=O)cc12. The first-order valence-corrected chi connectivity index (χ1v) is 20.8. The van der Waals surface area contributed by atoms with E-state index in [1.165, 1.54) is 0 Å². The number of fused-ring (bicyclic) bond motifs is 2. The standard InChI is InChI=1S/C36H48N6O7Si/c1-23-34(50(2,3)48)30(18-31(44)39-14-4-5-27(39)22-43)49-36(23)28-17-26(41-16-13-38-20-33(41)46)10-11-29(28)42(35(36)47)21-24-6-8-25(9-7-24)40-15-12-37-19-32(40)45/h6-11,17,23,27,30,34,37-38,43,48H,4-5,12-16,18-22H2,1-3H3/t23-,27-,30+,34-,36+/m0/s1. The van der Waals surface area contributed by atoms with Gasteiger partial charge in [0.2, 0.25) is 17.7 Å². The highest BCUT2D eigenvalue weighted by atomic mass is 28.4. The smallest absolute Gasteiger partial charge is 0.264 e. The Labute approximate surface area is 293 Å². The first kappa shape index (κ1) is 34.8. The van der Waals surface area contributed by atoms with Gasteiger partial charge in [0.25, 0.3) is 5.91 Å². The van der Waals surface area contributed by atoms with E-state index in [0.29, 0.717) is 49.7 Å². The van der Waals surface area contributed by atoms with Crippen molar-refractivity contribution in [2.24, 2.45) is 5.92 Å². The molecule has 0 unspecified atom stereocenters. The minimum Gasteiger partial charge on any atom is -0.432 e. The monoisotopic (exact) mass is 704 g/mol. The Balaban J connectivity index is 1.26. The number of aliphatic hydroxyl groups excluding tert-OH is 1. The van der Waals surface area contributed by atoms with Crippen molar-refractivity contribution in [3.63, 3.8) is 0 Å². The summed E-state index contributed by atoms with van der Waals surface area (Å²) >= 11 is 0. The van der Waals surface area contributed by atoms with Crippen LogP contribution in [0, 0.1) is 5.92 Å². The van der Waals surface area contributed by atoms with Crippen LogP contribution in [0.2, 0.25) is 18.6 Å². The van der Waals surface area contributed by atoms with Gasteiger partial charge in [0.15, 0.2) is 13.9 Å². The molecule has 2 aromatic rings. The van der Waals surface area contributed by atoms with Crippen molar-refractivity contribution in [1.82, 2.24) is 15.5 Å². The van der Waals surface area contributed by atoms with Crippen LogP contribution in [0.5, 0.6) is 0 Å². The first-order valence-electron chi connectivity index (χ1n) is 17.8. The molecule has 14 heteroatoms. The van der Waals surface area contributed by atoms with E-state index in [1.54, 1.807) is 19.6 Å². The van der Waals surface area contributed by atoms with Crippen LogP contribution in [0.4, 0.5) is 17.1 Å². The number of hydrogen-bond acceptors (Lipinski definition) is 9. The molecular formula is C36H48N6O7Si. The molecule has 4 fully saturated rings. The summed E-state index contributed by atoms with van der Waals surface area (Å²) in [5.74, 6) is -0.951. The van der Waals surface area contributed by atoms with E-state index in [4.69, 9.17) is 4.74 Å². The summed E-state index contributed by atoms with van der Waals surface area (Å²) in [5, 5.41) is 16.1. The molecule has 5 aliphatic heterocycles.